The first kappa shape index (κ1) is 30.4. The Morgan fingerprint density at radius 2 is 1.07 bits per heavy atom. The summed E-state index contributed by atoms with van der Waals surface area (Å²) in [6.45, 7) is 6.41. The molecule has 0 saturated carbocycles. The summed E-state index contributed by atoms with van der Waals surface area (Å²) in [5.74, 6) is 6.07. The summed E-state index contributed by atoms with van der Waals surface area (Å²) >= 11 is 0. The fourth-order valence-corrected chi connectivity index (χ4v) is 6.16. The third-order valence-corrected chi connectivity index (χ3v) is 8.87. The van der Waals surface area contributed by atoms with E-state index in [1.165, 1.54) is 70.5 Å². The summed E-state index contributed by atoms with van der Waals surface area (Å²) in [5, 5.41) is 4.71. The zero-order valence-electron chi connectivity index (χ0n) is 26.7. The fraction of sp³-hybridized carbons (Fsp3) is 0.227. The Bertz CT molecular complexity index is 1990. The van der Waals surface area contributed by atoms with Gasteiger partial charge in [-0.05, 0) is 129 Å². The van der Waals surface area contributed by atoms with Gasteiger partial charge in [-0.25, -0.2) is 4.39 Å². The van der Waals surface area contributed by atoms with Crippen LogP contribution >= 0.6 is 0 Å². The van der Waals surface area contributed by atoms with Gasteiger partial charge in [0.25, 0.3) is 0 Å². The average molecular weight is 589 g/mol. The molecule has 0 aliphatic carbocycles. The molecule has 0 bridgehead atoms. The fourth-order valence-electron chi connectivity index (χ4n) is 6.16. The molecule has 0 spiro atoms. The number of fused-ring (bicyclic) bond motifs is 2. The molecule has 0 aliphatic heterocycles. The smallest absolute Gasteiger partial charge is 0.139 e. The molecule has 0 saturated heterocycles. The maximum atomic E-state index is 15.5. The van der Waals surface area contributed by atoms with E-state index in [2.05, 4.69) is 117 Å². The van der Waals surface area contributed by atoms with E-state index >= 15 is 4.39 Å². The molecule has 0 heterocycles. The van der Waals surface area contributed by atoms with Gasteiger partial charge in [-0.2, -0.15) is 0 Å². The van der Waals surface area contributed by atoms with Crippen molar-refractivity contribution in [2.45, 2.75) is 65.7 Å². The van der Waals surface area contributed by atoms with Crippen molar-refractivity contribution in [1.29, 1.82) is 0 Å². The van der Waals surface area contributed by atoms with Gasteiger partial charge in [-0.15, -0.1) is 0 Å². The first-order valence-electron chi connectivity index (χ1n) is 16.5. The van der Waals surface area contributed by atoms with Crippen LogP contribution in [0.5, 0.6) is 0 Å². The zero-order valence-corrected chi connectivity index (χ0v) is 26.7. The molecular formula is C44H41F. The van der Waals surface area contributed by atoms with Crippen molar-refractivity contribution in [3.05, 3.63) is 143 Å². The van der Waals surface area contributed by atoms with Gasteiger partial charge in [0, 0.05) is 5.56 Å². The summed E-state index contributed by atoms with van der Waals surface area (Å²) in [7, 11) is 0. The molecule has 45 heavy (non-hydrogen) atoms. The van der Waals surface area contributed by atoms with E-state index < -0.39 is 0 Å². The van der Waals surface area contributed by atoms with Gasteiger partial charge < -0.3 is 0 Å². The standard InChI is InChI=1S/C44H41F/c1-4-6-8-10-33-13-18-40-29-41(23-21-36(40)26-33)42-25-31(3)43(44(45)30-42)24-15-34-14-19-39-28-38(22-20-37(39)27-34)35-16-11-32(12-17-35)9-7-5-2/h11-14,16-23,25-30H,4-10H2,1-3H3. The van der Waals surface area contributed by atoms with Crippen molar-refractivity contribution in [3.8, 4) is 34.1 Å². The second-order valence-electron chi connectivity index (χ2n) is 12.3. The predicted molar refractivity (Wildman–Crippen MR) is 191 cm³/mol. The van der Waals surface area contributed by atoms with Gasteiger partial charge in [0.05, 0.1) is 5.56 Å². The van der Waals surface area contributed by atoms with Gasteiger partial charge >= 0.3 is 0 Å². The van der Waals surface area contributed by atoms with Crippen LogP contribution in [-0.4, -0.2) is 0 Å². The number of aryl methyl sites for hydroxylation is 3. The number of benzene rings is 6. The summed E-state index contributed by atoms with van der Waals surface area (Å²) in [5.41, 5.74) is 9.28. The first-order valence-corrected chi connectivity index (χ1v) is 16.5. The molecule has 0 unspecified atom stereocenters. The third-order valence-electron chi connectivity index (χ3n) is 8.87. The molecule has 0 aliphatic rings. The van der Waals surface area contributed by atoms with Crippen molar-refractivity contribution < 1.29 is 4.39 Å². The summed E-state index contributed by atoms with van der Waals surface area (Å²) in [6, 6.07) is 38.5. The largest absolute Gasteiger partial charge is 0.206 e. The Labute approximate surface area is 268 Å². The van der Waals surface area contributed by atoms with Crippen molar-refractivity contribution in [1.82, 2.24) is 0 Å². The molecule has 0 radical (unpaired) electrons. The van der Waals surface area contributed by atoms with E-state index in [4.69, 9.17) is 0 Å². The molecule has 0 nitrogen and oxygen atoms in total. The van der Waals surface area contributed by atoms with E-state index in [0.29, 0.717) is 5.56 Å². The number of rotatable bonds is 9. The molecule has 224 valence electrons. The highest BCUT2D eigenvalue weighted by atomic mass is 19.1. The van der Waals surface area contributed by atoms with Crippen LogP contribution < -0.4 is 0 Å². The second kappa shape index (κ2) is 14.0. The van der Waals surface area contributed by atoms with E-state index in [1.807, 2.05) is 19.1 Å². The molecule has 0 atom stereocenters. The van der Waals surface area contributed by atoms with Crippen LogP contribution in [0.4, 0.5) is 4.39 Å². The Kier molecular flexibility index (Phi) is 9.42. The Morgan fingerprint density at radius 3 is 1.78 bits per heavy atom. The number of hydrogen-bond acceptors (Lipinski definition) is 0. The van der Waals surface area contributed by atoms with E-state index in [1.54, 1.807) is 6.07 Å². The lowest BCUT2D eigenvalue weighted by Gasteiger charge is -2.09. The van der Waals surface area contributed by atoms with Crippen molar-refractivity contribution >= 4 is 21.5 Å². The average Bonchev–Trinajstić information content (AvgIpc) is 3.06. The van der Waals surface area contributed by atoms with Gasteiger partial charge in [-0.1, -0.05) is 118 Å². The Hall–Kier alpha value is -4.67. The lowest BCUT2D eigenvalue weighted by molar-refractivity contribution is 0.623. The lowest BCUT2D eigenvalue weighted by Crippen LogP contribution is -1.92. The van der Waals surface area contributed by atoms with Gasteiger partial charge in [0.15, 0.2) is 0 Å². The summed E-state index contributed by atoms with van der Waals surface area (Å²) in [6.07, 6.45) is 8.42. The first-order chi connectivity index (χ1) is 22.0. The molecule has 0 amide bonds. The van der Waals surface area contributed by atoms with Crippen molar-refractivity contribution in [2.24, 2.45) is 0 Å². The molecule has 6 aromatic rings. The van der Waals surface area contributed by atoms with Crippen molar-refractivity contribution in [3.63, 3.8) is 0 Å². The highest BCUT2D eigenvalue weighted by molar-refractivity contribution is 5.89. The quantitative estimate of drug-likeness (QED) is 0.116. The van der Waals surface area contributed by atoms with Gasteiger partial charge in [0.1, 0.15) is 5.82 Å². The van der Waals surface area contributed by atoms with Crippen LogP contribution in [-0.2, 0) is 12.8 Å². The van der Waals surface area contributed by atoms with Crippen LogP contribution in [0.3, 0.4) is 0 Å². The molecular weight excluding hydrogens is 547 g/mol. The minimum Gasteiger partial charge on any atom is -0.206 e. The number of hydrogen-bond donors (Lipinski definition) is 0. The molecule has 6 rings (SSSR count). The van der Waals surface area contributed by atoms with E-state index in [-0.39, 0.29) is 5.82 Å². The molecule has 0 aromatic heterocycles. The molecule has 1 heteroatoms. The molecule has 0 fully saturated rings. The molecule has 6 aromatic carbocycles. The van der Waals surface area contributed by atoms with E-state index in [9.17, 15) is 0 Å². The van der Waals surface area contributed by atoms with Crippen LogP contribution in [0, 0.1) is 24.6 Å². The maximum Gasteiger partial charge on any atom is 0.139 e. The minimum atomic E-state index is -0.282. The molecule has 0 N–H and O–H groups in total. The normalized spacial score (nSPS) is 11.1. The van der Waals surface area contributed by atoms with Crippen LogP contribution in [0.1, 0.15) is 73.8 Å². The van der Waals surface area contributed by atoms with Gasteiger partial charge in [-0.3, -0.25) is 0 Å². The number of unbranched alkanes of at least 4 members (excludes halogenated alkanes) is 3. The van der Waals surface area contributed by atoms with Gasteiger partial charge in [0.2, 0.25) is 0 Å². The predicted octanol–water partition coefficient (Wildman–Crippen LogP) is 12.2. The highest BCUT2D eigenvalue weighted by Crippen LogP contribution is 2.29. The highest BCUT2D eigenvalue weighted by Gasteiger charge is 2.09. The Balaban J connectivity index is 1.20. The minimum absolute atomic E-state index is 0.282. The zero-order chi connectivity index (χ0) is 31.2. The maximum absolute atomic E-state index is 15.5. The summed E-state index contributed by atoms with van der Waals surface area (Å²) < 4.78 is 15.5. The lowest BCUT2D eigenvalue weighted by atomic mass is 9.96. The monoisotopic (exact) mass is 588 g/mol. The second-order valence-corrected chi connectivity index (χ2v) is 12.3. The van der Waals surface area contributed by atoms with Crippen LogP contribution in [0.25, 0.3) is 43.8 Å². The third kappa shape index (κ3) is 7.19. The van der Waals surface area contributed by atoms with Crippen molar-refractivity contribution in [2.75, 3.05) is 0 Å². The van der Waals surface area contributed by atoms with Crippen LogP contribution in [0.15, 0.2) is 109 Å². The van der Waals surface area contributed by atoms with Crippen LogP contribution in [0.2, 0.25) is 0 Å². The summed E-state index contributed by atoms with van der Waals surface area (Å²) in [4.78, 5) is 0. The van der Waals surface area contributed by atoms with E-state index in [0.717, 1.165) is 40.5 Å². The SMILES string of the molecule is CCCCCc1ccc2cc(-c3cc(C)c(C#Cc4ccc5cc(-c6ccc(CCCC)cc6)ccc5c4)c(F)c3)ccc2c1. The number of halogens is 1. The Morgan fingerprint density at radius 1 is 0.489 bits per heavy atom. The topological polar surface area (TPSA) is 0 Å².